The Morgan fingerprint density at radius 2 is 2.32 bits per heavy atom. The molecule has 0 aromatic carbocycles. The Bertz CT molecular complexity index is 586. The number of pyridine rings is 1. The Hall–Kier alpha value is -2.31. The predicted octanol–water partition coefficient (Wildman–Crippen LogP) is 1.53. The Labute approximate surface area is 149 Å². The van der Waals surface area contributed by atoms with E-state index >= 15 is 0 Å². The zero-order chi connectivity index (χ0) is 18.2. The molecule has 0 saturated carbocycles. The molecule has 0 aliphatic carbocycles. The number of likely N-dealkylation sites (tertiary alicyclic amines) is 1. The van der Waals surface area contributed by atoms with E-state index in [1.807, 2.05) is 32.2 Å². The molecule has 1 amide bonds. The Morgan fingerprint density at radius 1 is 1.52 bits per heavy atom. The van der Waals surface area contributed by atoms with E-state index in [2.05, 4.69) is 20.2 Å². The van der Waals surface area contributed by atoms with Gasteiger partial charge in [0.1, 0.15) is 0 Å². The lowest BCUT2D eigenvalue weighted by Gasteiger charge is -2.34. The van der Waals surface area contributed by atoms with Gasteiger partial charge < -0.3 is 20.7 Å². The summed E-state index contributed by atoms with van der Waals surface area (Å²) in [7, 11) is 1.78. The summed E-state index contributed by atoms with van der Waals surface area (Å²) in [5.41, 5.74) is 6.39. The third-order valence-corrected chi connectivity index (χ3v) is 4.12. The summed E-state index contributed by atoms with van der Waals surface area (Å²) < 4.78 is 5.55. The number of aromatic nitrogens is 1. The molecule has 0 radical (unpaired) electrons. The molecular formula is C18H29N5O2. The molecular weight excluding hydrogens is 318 g/mol. The number of nitrogens with zero attached hydrogens (tertiary/aromatic N) is 3. The summed E-state index contributed by atoms with van der Waals surface area (Å²) in [5, 5.41) is 3.37. The number of carbonyl (C=O) groups excluding carboxylic acids is 1. The highest BCUT2D eigenvalue weighted by atomic mass is 16.5. The Morgan fingerprint density at radius 3 is 2.92 bits per heavy atom. The highest BCUT2D eigenvalue weighted by molar-refractivity contribution is 5.80. The molecule has 1 fully saturated rings. The molecule has 1 aliphatic rings. The standard InChI is InChI=1S/C18H29N5O2/c1-13(2)25-17-7-6-15(10-21-17)11-22-18(20-3)23-8-4-5-14(12-23)9-16(19)24/h6-7,10,13-14H,4-5,8-9,11-12H2,1-3H3,(H2,19,24)(H,20,22). The number of piperidine rings is 1. The fraction of sp³-hybridized carbons (Fsp3) is 0.611. The number of nitrogens with two attached hydrogens (primary N) is 1. The van der Waals surface area contributed by atoms with Gasteiger partial charge in [-0.25, -0.2) is 4.98 Å². The average Bonchev–Trinajstić information content (AvgIpc) is 2.56. The number of nitrogens with one attached hydrogen (secondary N) is 1. The first-order valence-corrected chi connectivity index (χ1v) is 8.83. The van der Waals surface area contributed by atoms with E-state index in [4.69, 9.17) is 10.5 Å². The van der Waals surface area contributed by atoms with Gasteiger partial charge in [0, 0.05) is 45.4 Å². The SMILES string of the molecule is CN=C(NCc1ccc(OC(C)C)nc1)N1CCCC(CC(N)=O)C1. The molecule has 1 aromatic rings. The summed E-state index contributed by atoms with van der Waals surface area (Å²) in [6.45, 7) is 6.34. The van der Waals surface area contributed by atoms with Crippen molar-refractivity contribution in [1.29, 1.82) is 0 Å². The number of ether oxygens (including phenoxy) is 1. The van der Waals surface area contributed by atoms with E-state index in [-0.39, 0.29) is 12.0 Å². The lowest BCUT2D eigenvalue weighted by molar-refractivity contribution is -0.119. The van der Waals surface area contributed by atoms with E-state index in [9.17, 15) is 4.79 Å². The maximum Gasteiger partial charge on any atom is 0.217 e. The van der Waals surface area contributed by atoms with Crippen LogP contribution in [-0.4, -0.2) is 48.0 Å². The van der Waals surface area contributed by atoms with Crippen LogP contribution in [0.3, 0.4) is 0 Å². The van der Waals surface area contributed by atoms with Crippen molar-refractivity contribution in [2.24, 2.45) is 16.6 Å². The number of hydrogen-bond donors (Lipinski definition) is 2. The first-order chi connectivity index (χ1) is 12.0. The van der Waals surface area contributed by atoms with Crippen LogP contribution in [0, 0.1) is 5.92 Å². The van der Waals surface area contributed by atoms with Crippen LogP contribution in [0.15, 0.2) is 23.3 Å². The molecule has 25 heavy (non-hydrogen) atoms. The quantitative estimate of drug-likeness (QED) is 0.601. The average molecular weight is 347 g/mol. The lowest BCUT2D eigenvalue weighted by atomic mass is 9.95. The van der Waals surface area contributed by atoms with Gasteiger partial charge in [0.2, 0.25) is 11.8 Å². The monoisotopic (exact) mass is 347 g/mol. The number of amides is 1. The van der Waals surface area contributed by atoms with E-state index in [1.54, 1.807) is 7.05 Å². The molecule has 3 N–H and O–H groups in total. The summed E-state index contributed by atoms with van der Waals surface area (Å²) in [6, 6.07) is 3.88. The molecule has 1 unspecified atom stereocenters. The zero-order valence-electron chi connectivity index (χ0n) is 15.4. The highest BCUT2D eigenvalue weighted by Crippen LogP contribution is 2.19. The fourth-order valence-electron chi connectivity index (χ4n) is 3.05. The zero-order valence-corrected chi connectivity index (χ0v) is 15.4. The molecule has 7 heteroatoms. The number of guanidine groups is 1. The van der Waals surface area contributed by atoms with Crippen LogP contribution in [0.5, 0.6) is 5.88 Å². The third kappa shape index (κ3) is 6.25. The van der Waals surface area contributed by atoms with Crippen molar-refractivity contribution in [2.45, 2.75) is 45.8 Å². The van der Waals surface area contributed by atoms with Gasteiger partial charge in [-0.2, -0.15) is 0 Å². The van der Waals surface area contributed by atoms with Crippen molar-refractivity contribution in [3.05, 3.63) is 23.9 Å². The number of primary amides is 1. The second-order valence-electron chi connectivity index (χ2n) is 6.70. The van der Waals surface area contributed by atoms with Crippen LogP contribution in [0.1, 0.15) is 38.7 Å². The molecule has 1 aliphatic heterocycles. The maximum absolute atomic E-state index is 11.2. The number of aliphatic imine (C=N–C) groups is 1. The first-order valence-electron chi connectivity index (χ1n) is 8.83. The minimum absolute atomic E-state index is 0.114. The summed E-state index contributed by atoms with van der Waals surface area (Å²) >= 11 is 0. The topological polar surface area (TPSA) is 92.8 Å². The molecule has 2 rings (SSSR count). The fourth-order valence-corrected chi connectivity index (χ4v) is 3.05. The van der Waals surface area contributed by atoms with Crippen LogP contribution in [0.4, 0.5) is 0 Å². The van der Waals surface area contributed by atoms with Crippen molar-refractivity contribution in [1.82, 2.24) is 15.2 Å². The Balaban J connectivity index is 1.88. The normalized spacial score (nSPS) is 18.3. The van der Waals surface area contributed by atoms with Gasteiger partial charge in [-0.1, -0.05) is 6.07 Å². The van der Waals surface area contributed by atoms with Crippen LogP contribution in [0.25, 0.3) is 0 Å². The summed E-state index contributed by atoms with van der Waals surface area (Å²) in [6.07, 6.45) is 4.44. The van der Waals surface area contributed by atoms with Crippen molar-refractivity contribution in [3.8, 4) is 5.88 Å². The van der Waals surface area contributed by atoms with Gasteiger partial charge in [0.15, 0.2) is 5.96 Å². The van der Waals surface area contributed by atoms with Crippen LogP contribution in [-0.2, 0) is 11.3 Å². The van der Waals surface area contributed by atoms with Gasteiger partial charge in [-0.3, -0.25) is 9.79 Å². The smallest absolute Gasteiger partial charge is 0.217 e. The van der Waals surface area contributed by atoms with E-state index in [0.29, 0.717) is 24.8 Å². The third-order valence-electron chi connectivity index (χ3n) is 4.12. The van der Waals surface area contributed by atoms with Crippen molar-refractivity contribution >= 4 is 11.9 Å². The van der Waals surface area contributed by atoms with Crippen LogP contribution < -0.4 is 15.8 Å². The predicted molar refractivity (Wildman–Crippen MR) is 98.3 cm³/mol. The molecule has 7 nitrogen and oxygen atoms in total. The van der Waals surface area contributed by atoms with Gasteiger partial charge in [0.25, 0.3) is 0 Å². The summed E-state index contributed by atoms with van der Waals surface area (Å²) in [4.78, 5) is 22.0. The van der Waals surface area contributed by atoms with Gasteiger partial charge in [-0.15, -0.1) is 0 Å². The van der Waals surface area contributed by atoms with Crippen molar-refractivity contribution in [3.63, 3.8) is 0 Å². The van der Waals surface area contributed by atoms with Crippen molar-refractivity contribution < 1.29 is 9.53 Å². The van der Waals surface area contributed by atoms with E-state index < -0.39 is 0 Å². The largest absolute Gasteiger partial charge is 0.475 e. The van der Waals surface area contributed by atoms with E-state index in [0.717, 1.165) is 37.5 Å². The molecule has 2 heterocycles. The summed E-state index contributed by atoms with van der Waals surface area (Å²) in [5.74, 6) is 1.55. The molecule has 1 atom stereocenters. The van der Waals surface area contributed by atoms with Gasteiger partial charge in [0.05, 0.1) is 6.10 Å². The Kier molecular flexibility index (Phi) is 7.03. The van der Waals surface area contributed by atoms with Crippen LogP contribution in [0.2, 0.25) is 0 Å². The van der Waals surface area contributed by atoms with Gasteiger partial charge in [-0.05, 0) is 38.2 Å². The first kappa shape index (κ1) is 19.0. The lowest BCUT2D eigenvalue weighted by Crippen LogP contribution is -2.46. The van der Waals surface area contributed by atoms with Gasteiger partial charge >= 0.3 is 0 Å². The molecule has 138 valence electrons. The maximum atomic E-state index is 11.2. The minimum atomic E-state index is -0.232. The number of carbonyl (C=O) groups is 1. The second kappa shape index (κ2) is 9.25. The number of hydrogen-bond acceptors (Lipinski definition) is 4. The molecule has 1 aromatic heterocycles. The second-order valence-corrected chi connectivity index (χ2v) is 6.70. The highest BCUT2D eigenvalue weighted by Gasteiger charge is 2.23. The molecule has 1 saturated heterocycles. The molecule has 0 bridgehead atoms. The van der Waals surface area contributed by atoms with Crippen LogP contribution >= 0.6 is 0 Å². The number of rotatable bonds is 6. The van der Waals surface area contributed by atoms with E-state index in [1.165, 1.54) is 0 Å². The minimum Gasteiger partial charge on any atom is -0.475 e. The van der Waals surface area contributed by atoms with Crippen molar-refractivity contribution in [2.75, 3.05) is 20.1 Å². The molecule has 0 spiro atoms.